The predicted octanol–water partition coefficient (Wildman–Crippen LogP) is 5.01. The smallest absolute Gasteiger partial charge is 0.271 e. The number of hydrogen-bond donors (Lipinski definition) is 0. The Morgan fingerprint density at radius 2 is 1.88 bits per heavy atom. The number of hydrogen-bond acceptors (Lipinski definition) is 6. The van der Waals surface area contributed by atoms with Gasteiger partial charge in [-0.1, -0.05) is 42.1 Å². The highest BCUT2D eigenvalue weighted by atomic mass is 32.2. The minimum atomic E-state index is -0.439. The van der Waals surface area contributed by atoms with Crippen LogP contribution in [0.4, 0.5) is 11.4 Å². The zero-order valence-corrected chi connectivity index (χ0v) is 19.3. The summed E-state index contributed by atoms with van der Waals surface area (Å²) in [7, 11) is 1.59. The van der Waals surface area contributed by atoms with Gasteiger partial charge in [0.05, 0.1) is 34.5 Å². The molecule has 9 heteroatoms. The molecule has 2 heterocycles. The zero-order chi connectivity index (χ0) is 23.7. The van der Waals surface area contributed by atoms with Crippen molar-refractivity contribution in [3.8, 4) is 11.4 Å². The van der Waals surface area contributed by atoms with Crippen LogP contribution in [0.25, 0.3) is 16.7 Å². The number of aryl methyl sites for hydroxylation is 1. The molecule has 0 radical (unpaired) electrons. The number of carbonyl (C=O) groups is 1. The molecule has 0 aliphatic carbocycles. The number of thioether (sulfide) groups is 1. The van der Waals surface area contributed by atoms with Gasteiger partial charge in [0, 0.05) is 24.4 Å². The van der Waals surface area contributed by atoms with Gasteiger partial charge >= 0.3 is 0 Å². The van der Waals surface area contributed by atoms with Crippen LogP contribution in [-0.4, -0.2) is 39.8 Å². The number of anilines is 1. The number of nitro groups is 1. The Morgan fingerprint density at radius 1 is 1.12 bits per heavy atom. The van der Waals surface area contributed by atoms with E-state index in [1.165, 1.54) is 29.5 Å². The summed E-state index contributed by atoms with van der Waals surface area (Å²) >= 11 is 1.31. The molecule has 5 rings (SSSR count). The van der Waals surface area contributed by atoms with Crippen LogP contribution >= 0.6 is 11.8 Å². The number of carbonyl (C=O) groups excluding carboxylic acids is 1. The third kappa shape index (κ3) is 3.99. The monoisotopic (exact) mass is 474 g/mol. The highest BCUT2D eigenvalue weighted by Gasteiger charge is 2.24. The predicted molar refractivity (Wildman–Crippen MR) is 132 cm³/mol. The van der Waals surface area contributed by atoms with Crippen molar-refractivity contribution in [2.45, 2.75) is 18.0 Å². The van der Waals surface area contributed by atoms with Gasteiger partial charge < -0.3 is 9.64 Å². The van der Waals surface area contributed by atoms with Gasteiger partial charge in [-0.05, 0) is 42.7 Å². The fourth-order valence-electron chi connectivity index (χ4n) is 4.30. The van der Waals surface area contributed by atoms with E-state index >= 15 is 0 Å². The first kappa shape index (κ1) is 22.0. The second kappa shape index (κ2) is 9.18. The molecule has 172 valence electrons. The Balaban J connectivity index is 1.51. The van der Waals surface area contributed by atoms with Gasteiger partial charge in [-0.2, -0.15) is 0 Å². The minimum Gasteiger partial charge on any atom is -0.495 e. The average molecular weight is 475 g/mol. The number of nitro benzene ring substituents is 1. The molecule has 1 aromatic heterocycles. The molecule has 1 aliphatic heterocycles. The molecule has 8 nitrogen and oxygen atoms in total. The third-order valence-corrected chi connectivity index (χ3v) is 6.80. The van der Waals surface area contributed by atoms with E-state index in [0.717, 1.165) is 24.2 Å². The summed E-state index contributed by atoms with van der Waals surface area (Å²) < 4.78 is 7.44. The van der Waals surface area contributed by atoms with E-state index in [2.05, 4.69) is 11.1 Å². The van der Waals surface area contributed by atoms with E-state index in [-0.39, 0.29) is 17.3 Å². The Morgan fingerprint density at radius 3 is 2.68 bits per heavy atom. The molecule has 0 saturated carbocycles. The fourth-order valence-corrected chi connectivity index (χ4v) is 5.20. The Bertz CT molecular complexity index is 1400. The van der Waals surface area contributed by atoms with Crippen molar-refractivity contribution in [1.29, 1.82) is 0 Å². The van der Waals surface area contributed by atoms with Gasteiger partial charge in [-0.3, -0.25) is 19.5 Å². The molecule has 0 N–H and O–H groups in total. The molecule has 4 aromatic rings. The second-order valence-corrected chi connectivity index (χ2v) is 8.84. The summed E-state index contributed by atoms with van der Waals surface area (Å²) in [6.07, 6.45) is 1.90. The van der Waals surface area contributed by atoms with Crippen LogP contribution in [0.1, 0.15) is 12.0 Å². The quantitative estimate of drug-likeness (QED) is 0.222. The lowest BCUT2D eigenvalue weighted by Crippen LogP contribution is -2.36. The average Bonchev–Trinajstić information content (AvgIpc) is 3.24. The number of nitrogens with zero attached hydrogens (tertiary/aromatic N) is 4. The molecule has 0 atom stereocenters. The summed E-state index contributed by atoms with van der Waals surface area (Å²) in [6, 6.07) is 20.1. The largest absolute Gasteiger partial charge is 0.495 e. The molecule has 1 amide bonds. The number of amides is 1. The first-order valence-corrected chi connectivity index (χ1v) is 11.9. The summed E-state index contributed by atoms with van der Waals surface area (Å²) in [5, 5.41) is 11.9. The van der Waals surface area contributed by atoms with Crippen LogP contribution in [0.3, 0.4) is 0 Å². The van der Waals surface area contributed by atoms with Crippen LogP contribution < -0.4 is 9.64 Å². The van der Waals surface area contributed by atoms with Crippen LogP contribution in [0.15, 0.2) is 71.9 Å². The van der Waals surface area contributed by atoms with Crippen molar-refractivity contribution >= 4 is 40.1 Å². The maximum absolute atomic E-state index is 13.2. The van der Waals surface area contributed by atoms with Gasteiger partial charge in [-0.15, -0.1) is 0 Å². The van der Waals surface area contributed by atoms with Crippen molar-refractivity contribution in [2.24, 2.45) is 0 Å². The molecule has 3 aromatic carbocycles. The first-order valence-electron chi connectivity index (χ1n) is 10.9. The number of imidazole rings is 1. The lowest BCUT2D eigenvalue weighted by atomic mass is 10.0. The van der Waals surface area contributed by atoms with Crippen molar-refractivity contribution in [3.63, 3.8) is 0 Å². The lowest BCUT2D eigenvalue weighted by molar-refractivity contribution is -0.384. The zero-order valence-electron chi connectivity index (χ0n) is 18.5. The maximum atomic E-state index is 13.2. The van der Waals surface area contributed by atoms with Crippen LogP contribution in [-0.2, 0) is 11.2 Å². The van der Waals surface area contributed by atoms with Crippen molar-refractivity contribution in [2.75, 3.05) is 24.3 Å². The summed E-state index contributed by atoms with van der Waals surface area (Å²) in [5.74, 6) is 0.828. The minimum absolute atomic E-state index is 0.00163. The number of aromatic nitrogens is 2. The van der Waals surface area contributed by atoms with Gasteiger partial charge in [0.25, 0.3) is 5.69 Å². The molecule has 0 unspecified atom stereocenters. The van der Waals surface area contributed by atoms with Crippen molar-refractivity contribution in [3.05, 3.63) is 82.4 Å². The van der Waals surface area contributed by atoms with Crippen LogP contribution in [0.2, 0.25) is 0 Å². The number of fused-ring (bicyclic) bond motifs is 2. The van der Waals surface area contributed by atoms with Gasteiger partial charge in [0.1, 0.15) is 5.75 Å². The van der Waals surface area contributed by atoms with Crippen molar-refractivity contribution < 1.29 is 14.5 Å². The molecule has 0 spiro atoms. The molecular formula is C25H22N4O4S. The molecular weight excluding hydrogens is 452 g/mol. The number of rotatable bonds is 6. The number of para-hydroxylation sites is 3. The Labute approximate surface area is 200 Å². The van der Waals surface area contributed by atoms with Crippen LogP contribution in [0.5, 0.6) is 5.75 Å². The summed E-state index contributed by atoms with van der Waals surface area (Å²) in [4.78, 5) is 30.6. The highest BCUT2D eigenvalue weighted by molar-refractivity contribution is 7.99. The molecule has 1 aliphatic rings. The summed E-state index contributed by atoms with van der Waals surface area (Å²) in [6.45, 7) is 0.686. The number of ether oxygens (including phenoxy) is 1. The fraction of sp³-hybridized carbons (Fsp3) is 0.200. The van der Waals surface area contributed by atoms with Gasteiger partial charge in [0.15, 0.2) is 5.16 Å². The molecule has 0 saturated heterocycles. The van der Waals surface area contributed by atoms with Crippen molar-refractivity contribution in [1.82, 2.24) is 9.55 Å². The number of methoxy groups -OCH3 is 1. The Kier molecular flexibility index (Phi) is 5.93. The molecule has 0 fully saturated rings. The van der Waals surface area contributed by atoms with E-state index in [4.69, 9.17) is 4.74 Å². The molecule has 0 bridgehead atoms. The van der Waals surface area contributed by atoms with Crippen LogP contribution in [0, 0.1) is 10.1 Å². The van der Waals surface area contributed by atoms with Gasteiger partial charge in [-0.25, -0.2) is 4.98 Å². The number of benzene rings is 3. The normalized spacial score (nSPS) is 13.0. The maximum Gasteiger partial charge on any atom is 0.271 e. The van der Waals surface area contributed by atoms with E-state index in [1.807, 2.05) is 51.9 Å². The number of non-ortho nitro benzene ring substituents is 1. The topological polar surface area (TPSA) is 90.5 Å². The van der Waals surface area contributed by atoms with E-state index in [9.17, 15) is 14.9 Å². The third-order valence-electron chi connectivity index (χ3n) is 5.88. The standard InChI is InChI=1S/C25H22N4O4S/c1-33-23-11-5-4-10-22(23)28-21-13-12-18(29(31)32)15-19(21)26-25(28)34-16-24(30)27-14-6-8-17-7-2-3-9-20(17)27/h2-5,7,9-13,15H,6,8,14,16H2,1H3. The van der Waals surface area contributed by atoms with Gasteiger partial charge in [0.2, 0.25) is 5.91 Å². The van der Waals surface area contributed by atoms with E-state index in [0.29, 0.717) is 28.5 Å². The first-order chi connectivity index (χ1) is 16.6. The SMILES string of the molecule is COc1ccccc1-n1c(SCC(=O)N2CCCc3ccccc32)nc2cc([N+](=O)[O-])ccc21. The Hall–Kier alpha value is -3.85. The lowest BCUT2D eigenvalue weighted by Gasteiger charge is -2.29. The van der Waals surface area contributed by atoms with E-state index in [1.54, 1.807) is 13.2 Å². The highest BCUT2D eigenvalue weighted by Crippen LogP contribution is 2.34. The molecule has 34 heavy (non-hydrogen) atoms. The van der Waals surface area contributed by atoms with E-state index < -0.39 is 4.92 Å². The summed E-state index contributed by atoms with van der Waals surface area (Å²) in [5.41, 5.74) is 4.05. The second-order valence-electron chi connectivity index (χ2n) is 7.90.